The Morgan fingerprint density at radius 1 is 1.20 bits per heavy atom. The number of sulfone groups is 1. The molecule has 0 bridgehead atoms. The zero-order valence-corrected chi connectivity index (χ0v) is 13.6. The molecular formula is C12H22N2O4S2. The third-order valence-corrected chi connectivity index (χ3v) is 6.47. The fraction of sp³-hybridized carbons (Fsp3) is 0.917. The smallest absolute Gasteiger partial charge is 0.213 e. The van der Waals surface area contributed by atoms with Crippen LogP contribution in [-0.4, -0.2) is 40.1 Å². The normalized spacial score (nSPS) is 27.9. The van der Waals surface area contributed by atoms with Crippen molar-refractivity contribution in [2.24, 2.45) is 5.92 Å². The van der Waals surface area contributed by atoms with E-state index in [-0.39, 0.29) is 0 Å². The summed E-state index contributed by atoms with van der Waals surface area (Å²) in [4.78, 5) is 0. The Labute approximate surface area is 121 Å². The van der Waals surface area contributed by atoms with Crippen molar-refractivity contribution >= 4 is 19.9 Å². The lowest BCUT2D eigenvalue weighted by atomic mass is 9.77. The Kier molecular flexibility index (Phi) is 5.58. The number of sulfonamides is 1. The van der Waals surface area contributed by atoms with Crippen LogP contribution in [0.5, 0.6) is 0 Å². The van der Waals surface area contributed by atoms with Gasteiger partial charge in [-0.2, -0.15) is 9.98 Å². The molecule has 1 rings (SSSR count). The van der Waals surface area contributed by atoms with Crippen LogP contribution in [0.3, 0.4) is 0 Å². The fourth-order valence-corrected chi connectivity index (χ4v) is 5.46. The highest BCUT2D eigenvalue weighted by atomic mass is 32.2. The van der Waals surface area contributed by atoms with Crippen LogP contribution in [0, 0.1) is 17.2 Å². The molecule has 1 aliphatic rings. The molecule has 0 aliphatic heterocycles. The highest BCUT2D eigenvalue weighted by molar-refractivity contribution is 7.93. The Hall–Kier alpha value is -0.650. The third-order valence-electron chi connectivity index (χ3n) is 3.82. The fourth-order valence-electron chi connectivity index (χ4n) is 2.43. The lowest BCUT2D eigenvalue weighted by Gasteiger charge is -2.34. The van der Waals surface area contributed by atoms with Gasteiger partial charge in [-0.05, 0) is 31.6 Å². The molecule has 1 fully saturated rings. The first kappa shape index (κ1) is 17.4. The molecule has 0 aromatic heterocycles. The van der Waals surface area contributed by atoms with E-state index in [0.29, 0.717) is 18.8 Å². The van der Waals surface area contributed by atoms with E-state index < -0.39 is 36.9 Å². The molecule has 0 atom stereocenters. The zero-order valence-electron chi connectivity index (χ0n) is 11.9. The van der Waals surface area contributed by atoms with Gasteiger partial charge in [0.25, 0.3) is 0 Å². The number of nitrogens with zero attached hydrogens (tertiary/aromatic N) is 1. The number of hydrogen-bond acceptors (Lipinski definition) is 5. The molecule has 0 radical (unpaired) electrons. The molecule has 0 saturated heterocycles. The SMILES string of the molecule is CCC1CCC(C#N)(NS(=O)(=O)CCS(C)(=O)=O)CC1. The van der Waals surface area contributed by atoms with Gasteiger partial charge in [0.2, 0.25) is 10.0 Å². The summed E-state index contributed by atoms with van der Waals surface area (Å²) < 4.78 is 48.4. The number of rotatable bonds is 6. The first-order valence-electron chi connectivity index (χ1n) is 6.72. The topological polar surface area (TPSA) is 104 Å². The molecule has 0 unspecified atom stereocenters. The molecule has 0 spiro atoms. The third kappa shape index (κ3) is 5.38. The second-order valence-corrected chi connectivity index (χ2v) is 9.70. The summed E-state index contributed by atoms with van der Waals surface area (Å²) in [6.45, 7) is 2.08. The Morgan fingerprint density at radius 3 is 2.15 bits per heavy atom. The van der Waals surface area contributed by atoms with E-state index in [0.717, 1.165) is 25.5 Å². The first-order chi connectivity index (χ1) is 9.11. The second-order valence-electron chi connectivity index (χ2n) is 5.60. The molecule has 0 amide bonds. The van der Waals surface area contributed by atoms with Crippen molar-refractivity contribution in [3.63, 3.8) is 0 Å². The van der Waals surface area contributed by atoms with Crippen LogP contribution in [0.1, 0.15) is 39.0 Å². The predicted molar refractivity (Wildman–Crippen MR) is 77.2 cm³/mol. The maximum absolute atomic E-state index is 11.9. The van der Waals surface area contributed by atoms with Gasteiger partial charge < -0.3 is 0 Å². The van der Waals surface area contributed by atoms with Gasteiger partial charge in [0.1, 0.15) is 15.4 Å². The molecule has 0 aromatic carbocycles. The lowest BCUT2D eigenvalue weighted by molar-refractivity contribution is 0.259. The minimum Gasteiger partial charge on any atom is -0.229 e. The largest absolute Gasteiger partial charge is 0.229 e. The summed E-state index contributed by atoms with van der Waals surface area (Å²) in [5.41, 5.74) is -1.07. The van der Waals surface area contributed by atoms with Crippen LogP contribution >= 0.6 is 0 Å². The van der Waals surface area contributed by atoms with Crippen molar-refractivity contribution in [3.05, 3.63) is 0 Å². The van der Waals surface area contributed by atoms with Crippen molar-refractivity contribution in [2.45, 2.75) is 44.6 Å². The van der Waals surface area contributed by atoms with Gasteiger partial charge in [-0.25, -0.2) is 16.8 Å². The van der Waals surface area contributed by atoms with Crippen LogP contribution in [0.15, 0.2) is 0 Å². The van der Waals surface area contributed by atoms with Crippen LogP contribution in [0.25, 0.3) is 0 Å². The average Bonchev–Trinajstić information content (AvgIpc) is 2.36. The molecule has 116 valence electrons. The average molecular weight is 322 g/mol. The molecule has 0 heterocycles. The minimum absolute atomic E-state index is 0.429. The quantitative estimate of drug-likeness (QED) is 0.779. The molecule has 1 aliphatic carbocycles. The van der Waals surface area contributed by atoms with Crippen molar-refractivity contribution in [3.8, 4) is 6.07 Å². The van der Waals surface area contributed by atoms with Gasteiger partial charge >= 0.3 is 0 Å². The van der Waals surface area contributed by atoms with E-state index in [2.05, 4.69) is 17.7 Å². The van der Waals surface area contributed by atoms with Crippen molar-refractivity contribution < 1.29 is 16.8 Å². The van der Waals surface area contributed by atoms with Crippen molar-refractivity contribution in [2.75, 3.05) is 17.8 Å². The van der Waals surface area contributed by atoms with Gasteiger partial charge in [0.05, 0.1) is 17.6 Å². The lowest BCUT2D eigenvalue weighted by Crippen LogP contribution is -2.50. The van der Waals surface area contributed by atoms with Gasteiger partial charge in [0.15, 0.2) is 0 Å². The monoisotopic (exact) mass is 322 g/mol. The number of nitrogens with one attached hydrogen (secondary N) is 1. The highest BCUT2D eigenvalue weighted by Crippen LogP contribution is 2.33. The molecule has 0 aromatic rings. The molecule has 6 nitrogen and oxygen atoms in total. The zero-order chi connectivity index (χ0) is 15.4. The summed E-state index contributed by atoms with van der Waals surface area (Å²) in [6.07, 6.45) is 4.63. The van der Waals surface area contributed by atoms with Crippen molar-refractivity contribution in [1.82, 2.24) is 4.72 Å². The van der Waals surface area contributed by atoms with E-state index in [9.17, 15) is 22.1 Å². The van der Waals surface area contributed by atoms with Gasteiger partial charge in [-0.15, -0.1) is 0 Å². The maximum atomic E-state index is 11.9. The summed E-state index contributed by atoms with van der Waals surface area (Å²) >= 11 is 0. The molecule has 1 saturated carbocycles. The van der Waals surface area contributed by atoms with Crippen molar-refractivity contribution in [1.29, 1.82) is 5.26 Å². The first-order valence-corrected chi connectivity index (χ1v) is 10.4. The molecule has 8 heteroatoms. The Bertz CT molecular complexity index is 567. The van der Waals surface area contributed by atoms with Crippen LogP contribution < -0.4 is 4.72 Å². The molecule has 1 N–H and O–H groups in total. The second kappa shape index (κ2) is 6.41. The van der Waals surface area contributed by atoms with Gasteiger partial charge in [-0.1, -0.05) is 13.3 Å². The summed E-state index contributed by atoms with van der Waals surface area (Å²) in [5, 5.41) is 9.30. The van der Waals surface area contributed by atoms with E-state index in [4.69, 9.17) is 0 Å². The summed E-state index contributed by atoms with van der Waals surface area (Å²) in [5.74, 6) is -0.384. The van der Waals surface area contributed by atoms with Gasteiger partial charge in [-0.3, -0.25) is 0 Å². The Balaban J connectivity index is 2.71. The van der Waals surface area contributed by atoms with E-state index in [1.165, 1.54) is 0 Å². The van der Waals surface area contributed by atoms with Crippen LogP contribution in [0.2, 0.25) is 0 Å². The minimum atomic E-state index is -3.76. The van der Waals surface area contributed by atoms with Crippen LogP contribution in [0.4, 0.5) is 0 Å². The highest BCUT2D eigenvalue weighted by Gasteiger charge is 2.38. The van der Waals surface area contributed by atoms with E-state index >= 15 is 0 Å². The maximum Gasteiger partial charge on any atom is 0.213 e. The van der Waals surface area contributed by atoms with E-state index in [1.807, 2.05) is 0 Å². The predicted octanol–water partition coefficient (Wildman–Crippen LogP) is 0.813. The Morgan fingerprint density at radius 2 is 1.75 bits per heavy atom. The van der Waals surface area contributed by atoms with E-state index in [1.54, 1.807) is 0 Å². The number of nitriles is 1. The van der Waals surface area contributed by atoms with Gasteiger partial charge in [0, 0.05) is 6.26 Å². The molecular weight excluding hydrogens is 300 g/mol. The molecule has 20 heavy (non-hydrogen) atoms. The summed E-state index contributed by atoms with van der Waals surface area (Å²) in [6, 6.07) is 2.08. The summed E-state index contributed by atoms with van der Waals surface area (Å²) in [7, 11) is -7.10. The number of hydrogen-bond donors (Lipinski definition) is 1. The van der Waals surface area contributed by atoms with Crippen LogP contribution in [-0.2, 0) is 19.9 Å². The standard InChI is InChI=1S/C12H22N2O4S2/c1-3-11-4-6-12(10-13,7-5-11)14-20(17,18)9-8-19(2,15)16/h11,14H,3-9H2,1-2H3.